The number of anilines is 2. The van der Waals surface area contributed by atoms with Crippen LogP contribution >= 0.6 is 11.8 Å². The van der Waals surface area contributed by atoms with Crippen LogP contribution < -0.4 is 10.6 Å². The Morgan fingerprint density at radius 2 is 2.25 bits per heavy atom. The minimum atomic E-state index is -0.538. The van der Waals surface area contributed by atoms with Gasteiger partial charge in [-0.05, 0) is 12.1 Å². The van der Waals surface area contributed by atoms with Crippen molar-refractivity contribution in [2.75, 3.05) is 10.6 Å². The summed E-state index contributed by atoms with van der Waals surface area (Å²) < 4.78 is 0. The summed E-state index contributed by atoms with van der Waals surface area (Å²) in [4.78, 5) is 12.0. The van der Waals surface area contributed by atoms with Crippen molar-refractivity contribution in [1.29, 1.82) is 0 Å². The molecule has 0 radical (unpaired) electrons. The Labute approximate surface area is 73.4 Å². The molecule has 64 valence electrons. The fourth-order valence-corrected chi connectivity index (χ4v) is 0.940. The first kappa shape index (κ1) is 8.61. The molecule has 0 aliphatic rings. The third kappa shape index (κ3) is 1.57. The first-order chi connectivity index (χ1) is 5.65. The maximum Gasteiger partial charge on any atom is 0.293 e. The Morgan fingerprint density at radius 1 is 1.58 bits per heavy atom. The highest BCUT2D eigenvalue weighted by atomic mass is 35.5. The summed E-state index contributed by atoms with van der Waals surface area (Å²) >= 11 is 5.24. The summed E-state index contributed by atoms with van der Waals surface area (Å²) in [5.41, 5.74) is 5.90. The molecule has 0 amide bonds. The summed E-state index contributed by atoms with van der Waals surface area (Å²) in [6.45, 7) is 0. The van der Waals surface area contributed by atoms with Gasteiger partial charge < -0.3 is 5.73 Å². The van der Waals surface area contributed by atoms with Crippen LogP contribution in [0, 0.1) is 10.1 Å². The number of benzene rings is 1. The van der Waals surface area contributed by atoms with Crippen LogP contribution in [0.15, 0.2) is 18.2 Å². The van der Waals surface area contributed by atoms with Crippen LogP contribution in [0.4, 0.5) is 17.1 Å². The van der Waals surface area contributed by atoms with E-state index in [-0.39, 0.29) is 11.4 Å². The lowest BCUT2D eigenvalue weighted by molar-refractivity contribution is -0.383. The molecule has 0 bridgehead atoms. The number of nitrogens with two attached hydrogens (primary N) is 1. The highest BCUT2D eigenvalue weighted by molar-refractivity contribution is 6.24. The van der Waals surface area contributed by atoms with Gasteiger partial charge in [-0.3, -0.25) is 15.0 Å². The van der Waals surface area contributed by atoms with Gasteiger partial charge in [-0.2, -0.15) is 0 Å². The zero-order valence-corrected chi connectivity index (χ0v) is 6.71. The first-order valence-corrected chi connectivity index (χ1v) is 3.43. The largest absolute Gasteiger partial charge is 0.399 e. The number of nitrogen functional groups attached to an aromatic ring is 1. The molecule has 6 heteroatoms. The van der Waals surface area contributed by atoms with Crippen molar-refractivity contribution in [3.05, 3.63) is 28.3 Å². The van der Waals surface area contributed by atoms with Gasteiger partial charge in [-0.25, -0.2) is 0 Å². The van der Waals surface area contributed by atoms with Crippen LogP contribution in [-0.4, -0.2) is 4.92 Å². The molecule has 1 aromatic carbocycles. The van der Waals surface area contributed by atoms with Crippen LogP contribution in [0.5, 0.6) is 0 Å². The van der Waals surface area contributed by atoms with Crippen molar-refractivity contribution >= 4 is 28.8 Å². The number of halogens is 1. The number of nitrogens with one attached hydrogen (secondary N) is 1. The SMILES string of the molecule is Nc1ccc([N+](=O)[O-])c(NCl)c1. The van der Waals surface area contributed by atoms with E-state index in [0.717, 1.165) is 0 Å². The number of nitro groups is 1. The molecule has 0 saturated heterocycles. The third-order valence-electron chi connectivity index (χ3n) is 1.32. The predicted molar refractivity (Wildman–Crippen MR) is 47.0 cm³/mol. The molecule has 0 aliphatic carbocycles. The summed E-state index contributed by atoms with van der Waals surface area (Å²) in [6, 6.07) is 4.13. The Morgan fingerprint density at radius 3 is 2.75 bits per heavy atom. The van der Waals surface area contributed by atoms with Crippen molar-refractivity contribution < 1.29 is 4.92 Å². The average Bonchev–Trinajstić information content (AvgIpc) is 2.03. The molecule has 0 atom stereocenters. The lowest BCUT2D eigenvalue weighted by atomic mass is 10.2. The fraction of sp³-hybridized carbons (Fsp3) is 0. The highest BCUT2D eigenvalue weighted by Crippen LogP contribution is 2.26. The van der Waals surface area contributed by atoms with Crippen molar-refractivity contribution in [3.8, 4) is 0 Å². The molecule has 0 aliphatic heterocycles. The van der Waals surface area contributed by atoms with E-state index in [1.54, 1.807) is 0 Å². The molecule has 0 saturated carbocycles. The van der Waals surface area contributed by atoms with E-state index in [9.17, 15) is 10.1 Å². The number of nitrogens with zero attached hydrogens (tertiary/aromatic N) is 1. The van der Waals surface area contributed by atoms with Crippen LogP contribution in [-0.2, 0) is 0 Å². The van der Waals surface area contributed by atoms with E-state index in [2.05, 4.69) is 4.84 Å². The van der Waals surface area contributed by atoms with Gasteiger partial charge in [0.15, 0.2) is 0 Å². The van der Waals surface area contributed by atoms with Crippen molar-refractivity contribution in [1.82, 2.24) is 0 Å². The highest BCUT2D eigenvalue weighted by Gasteiger charge is 2.11. The van der Waals surface area contributed by atoms with Gasteiger partial charge in [0, 0.05) is 23.5 Å². The fourth-order valence-electron chi connectivity index (χ4n) is 0.789. The van der Waals surface area contributed by atoms with Crippen LogP contribution in [0.1, 0.15) is 0 Å². The van der Waals surface area contributed by atoms with E-state index < -0.39 is 4.92 Å². The molecule has 3 N–H and O–H groups in total. The number of nitro benzene ring substituents is 1. The molecular weight excluding hydrogens is 182 g/mol. The molecule has 0 spiro atoms. The van der Waals surface area contributed by atoms with Gasteiger partial charge in [-0.15, -0.1) is 0 Å². The zero-order valence-electron chi connectivity index (χ0n) is 5.95. The molecule has 0 heterocycles. The molecule has 0 fully saturated rings. The summed E-state index contributed by atoms with van der Waals surface area (Å²) in [6.07, 6.45) is 0. The maximum atomic E-state index is 10.4. The van der Waals surface area contributed by atoms with E-state index in [1.165, 1.54) is 18.2 Å². The predicted octanol–water partition coefficient (Wildman–Crippen LogP) is 1.74. The summed E-state index contributed by atoms with van der Waals surface area (Å²) in [7, 11) is 0. The van der Waals surface area contributed by atoms with Crippen molar-refractivity contribution in [2.24, 2.45) is 0 Å². The maximum absolute atomic E-state index is 10.4. The molecule has 12 heavy (non-hydrogen) atoms. The van der Waals surface area contributed by atoms with Gasteiger partial charge in [0.25, 0.3) is 5.69 Å². The number of rotatable bonds is 2. The van der Waals surface area contributed by atoms with Gasteiger partial charge in [0.1, 0.15) is 5.69 Å². The number of hydrogen-bond acceptors (Lipinski definition) is 4. The monoisotopic (exact) mass is 187 g/mol. The van der Waals surface area contributed by atoms with Gasteiger partial charge in [-0.1, -0.05) is 0 Å². The molecule has 1 rings (SSSR count). The Bertz CT molecular complexity index is 316. The first-order valence-electron chi connectivity index (χ1n) is 3.05. The van der Waals surface area contributed by atoms with Crippen molar-refractivity contribution in [2.45, 2.75) is 0 Å². The summed E-state index contributed by atoms with van der Waals surface area (Å²) in [5.74, 6) is 0. The zero-order chi connectivity index (χ0) is 9.14. The van der Waals surface area contributed by atoms with E-state index in [4.69, 9.17) is 17.5 Å². The Balaban J connectivity index is 3.20. The average molecular weight is 188 g/mol. The quantitative estimate of drug-likeness (QED) is 0.320. The smallest absolute Gasteiger partial charge is 0.293 e. The lowest BCUT2D eigenvalue weighted by Crippen LogP contribution is -1.94. The Hall–Kier alpha value is -1.49. The van der Waals surface area contributed by atoms with Crippen molar-refractivity contribution in [3.63, 3.8) is 0 Å². The van der Waals surface area contributed by atoms with Crippen LogP contribution in [0.25, 0.3) is 0 Å². The van der Waals surface area contributed by atoms with E-state index in [1.807, 2.05) is 0 Å². The second-order valence-corrected chi connectivity index (χ2v) is 2.32. The topological polar surface area (TPSA) is 81.2 Å². The van der Waals surface area contributed by atoms with Gasteiger partial charge >= 0.3 is 0 Å². The molecule has 0 unspecified atom stereocenters. The standard InChI is InChI=1S/C6H6ClN3O2/c7-9-5-3-4(8)1-2-6(5)10(11)12/h1-3,9H,8H2. The van der Waals surface area contributed by atoms with Crippen LogP contribution in [0.3, 0.4) is 0 Å². The molecule has 1 aromatic rings. The van der Waals surface area contributed by atoms with Gasteiger partial charge in [0.2, 0.25) is 0 Å². The normalized spacial score (nSPS) is 9.42. The summed E-state index contributed by atoms with van der Waals surface area (Å²) in [5, 5.41) is 10.4. The third-order valence-corrected chi connectivity index (χ3v) is 1.52. The lowest BCUT2D eigenvalue weighted by Gasteiger charge is -2.00. The van der Waals surface area contributed by atoms with Gasteiger partial charge in [0.05, 0.1) is 4.92 Å². The van der Waals surface area contributed by atoms with E-state index in [0.29, 0.717) is 5.69 Å². The second-order valence-electron chi connectivity index (χ2n) is 2.13. The Kier molecular flexibility index (Phi) is 2.35. The molecular formula is C6H6ClN3O2. The minimum Gasteiger partial charge on any atom is -0.399 e. The minimum absolute atomic E-state index is 0.0980. The molecule has 5 nitrogen and oxygen atoms in total. The second kappa shape index (κ2) is 3.27. The van der Waals surface area contributed by atoms with Crippen LogP contribution in [0.2, 0.25) is 0 Å². The number of hydrogen-bond donors (Lipinski definition) is 2. The van der Waals surface area contributed by atoms with E-state index >= 15 is 0 Å². The molecule has 0 aromatic heterocycles.